The van der Waals surface area contributed by atoms with E-state index in [-0.39, 0.29) is 21.7 Å². The molecule has 88 heavy (non-hydrogen) atoms. The third kappa shape index (κ3) is 9.77. The molecule has 16 aromatic rings. The lowest BCUT2D eigenvalue weighted by molar-refractivity contribution is 0.590. The predicted octanol–water partition coefficient (Wildman–Crippen LogP) is 23.1. The third-order valence-corrected chi connectivity index (χ3v) is 19.0. The fourth-order valence-electron chi connectivity index (χ4n) is 14.2. The molecule has 0 radical (unpaired) electrons. The molecule has 4 heterocycles. The fourth-order valence-corrected chi connectivity index (χ4v) is 14.2. The zero-order valence-corrected chi connectivity index (χ0v) is 54.6. The topological polar surface area (TPSA) is 19.7 Å². The average molecular weight is 1150 g/mol. The van der Waals surface area contributed by atoms with Crippen molar-refractivity contribution in [2.75, 3.05) is 0 Å². The van der Waals surface area contributed by atoms with Crippen LogP contribution < -0.4 is 0 Å². The molecule has 0 amide bonds. The van der Waals surface area contributed by atoms with Crippen molar-refractivity contribution in [3.05, 3.63) is 241 Å². The number of hydrogen-bond acceptors (Lipinski definition) is 0. The first kappa shape index (κ1) is 57.9. The van der Waals surface area contributed by atoms with Crippen molar-refractivity contribution < 1.29 is 0 Å². The lowest BCUT2D eigenvalue weighted by atomic mass is 9.83. The third-order valence-electron chi connectivity index (χ3n) is 19.0. The van der Waals surface area contributed by atoms with Crippen LogP contribution in [-0.4, -0.2) is 18.3 Å². The number of benzene rings is 12. The Balaban J connectivity index is 0.000000108. The Kier molecular flexibility index (Phi) is 14.0. The van der Waals surface area contributed by atoms with Crippen LogP contribution in [0.15, 0.2) is 218 Å². The van der Waals surface area contributed by atoms with Crippen LogP contribution in [0.1, 0.15) is 105 Å². The van der Waals surface area contributed by atoms with Crippen molar-refractivity contribution in [3.8, 4) is 0 Å². The number of fused-ring (bicyclic) bond motifs is 20. The predicted molar refractivity (Wildman–Crippen MR) is 387 cm³/mol. The summed E-state index contributed by atoms with van der Waals surface area (Å²) in [6.07, 6.45) is 0. The first-order chi connectivity index (χ1) is 41.9. The van der Waals surface area contributed by atoms with Crippen LogP contribution in [0, 0.1) is 0 Å². The van der Waals surface area contributed by atoms with E-state index >= 15 is 0 Å². The Morgan fingerprint density at radius 3 is 1.07 bits per heavy atom. The van der Waals surface area contributed by atoms with Crippen molar-refractivity contribution in [2.45, 2.75) is 105 Å². The van der Waals surface area contributed by atoms with Gasteiger partial charge in [-0.3, -0.25) is 0 Å². The van der Waals surface area contributed by atoms with Gasteiger partial charge < -0.3 is 18.3 Å². The molecule has 0 spiro atoms. The maximum atomic E-state index is 2.38. The molecule has 440 valence electrons. The van der Waals surface area contributed by atoms with E-state index in [9.17, 15) is 0 Å². The van der Waals surface area contributed by atoms with Crippen LogP contribution in [-0.2, 0) is 49.9 Å². The van der Waals surface area contributed by atoms with Gasteiger partial charge in [0.25, 0.3) is 0 Å². The molecule has 4 heteroatoms. The Bertz CT molecular complexity index is 5340. The number of aryl methyl sites for hydroxylation is 4. The molecule has 0 unspecified atom stereocenters. The summed E-state index contributed by atoms with van der Waals surface area (Å²) in [6, 6.07) is 79.9. The van der Waals surface area contributed by atoms with Gasteiger partial charge in [-0.2, -0.15) is 0 Å². The number of para-hydroxylation sites is 1. The molecule has 4 aromatic heterocycles. The monoisotopic (exact) mass is 1150 g/mol. The largest absolute Gasteiger partial charge is 0.344 e. The molecule has 0 N–H and O–H groups in total. The average Bonchev–Trinajstić information content (AvgIpc) is 1.67. The molecule has 0 aliphatic rings. The Morgan fingerprint density at radius 2 is 0.568 bits per heavy atom. The Morgan fingerprint density at radius 1 is 0.216 bits per heavy atom. The minimum absolute atomic E-state index is 0.130. The highest BCUT2D eigenvalue weighted by Gasteiger charge is 2.24. The number of nitrogens with zero attached hydrogens (tertiary/aromatic N) is 4. The van der Waals surface area contributed by atoms with Gasteiger partial charge in [0, 0.05) is 110 Å². The van der Waals surface area contributed by atoms with Crippen molar-refractivity contribution >= 4 is 130 Å². The Labute approximate surface area is 519 Å². The number of hydrogen-bond donors (Lipinski definition) is 0. The van der Waals surface area contributed by atoms with Gasteiger partial charge in [-0.1, -0.05) is 253 Å². The molecule has 0 saturated heterocycles. The van der Waals surface area contributed by atoms with Gasteiger partial charge in [0.2, 0.25) is 0 Å². The maximum absolute atomic E-state index is 2.38. The van der Waals surface area contributed by atoms with Crippen LogP contribution in [0.25, 0.3) is 130 Å². The summed E-state index contributed by atoms with van der Waals surface area (Å²) in [7, 11) is 8.70. The molecular weight excluding hydrogens is 1060 g/mol. The fraction of sp³-hybridized carbons (Fsp3) is 0.238. The van der Waals surface area contributed by atoms with E-state index in [4.69, 9.17) is 0 Å². The van der Waals surface area contributed by atoms with Crippen LogP contribution in [0.2, 0.25) is 0 Å². The molecule has 0 fully saturated rings. The number of rotatable bonds is 0. The molecule has 0 saturated carbocycles. The van der Waals surface area contributed by atoms with Crippen LogP contribution >= 0.6 is 0 Å². The first-order valence-corrected chi connectivity index (χ1v) is 31.5. The zero-order chi connectivity index (χ0) is 61.9. The second kappa shape index (κ2) is 21.3. The number of aromatic nitrogens is 4. The molecule has 16 rings (SSSR count). The molecule has 0 bridgehead atoms. The minimum atomic E-state index is 0.130. The van der Waals surface area contributed by atoms with Crippen LogP contribution in [0.4, 0.5) is 0 Å². The molecule has 0 atom stereocenters. The lowest BCUT2D eigenvalue weighted by Crippen LogP contribution is -2.12. The molecule has 12 aromatic carbocycles. The van der Waals surface area contributed by atoms with E-state index < -0.39 is 0 Å². The summed E-state index contributed by atoms with van der Waals surface area (Å²) in [5, 5.41) is 21.6. The molecule has 0 aliphatic carbocycles. The summed E-state index contributed by atoms with van der Waals surface area (Å²) in [4.78, 5) is 0. The van der Waals surface area contributed by atoms with Gasteiger partial charge in [0.1, 0.15) is 0 Å². The second-order valence-corrected chi connectivity index (χ2v) is 28.8. The normalized spacial score (nSPS) is 12.5. The maximum Gasteiger partial charge on any atom is 0.0526 e. The van der Waals surface area contributed by atoms with Crippen LogP contribution in [0.3, 0.4) is 0 Å². The quantitative estimate of drug-likeness (QED) is 0.144. The summed E-state index contributed by atoms with van der Waals surface area (Å²) >= 11 is 0. The highest BCUT2D eigenvalue weighted by atomic mass is 15.0. The zero-order valence-electron chi connectivity index (χ0n) is 54.6. The highest BCUT2D eigenvalue weighted by Crippen LogP contribution is 2.43. The van der Waals surface area contributed by atoms with Crippen molar-refractivity contribution in [3.63, 3.8) is 0 Å². The van der Waals surface area contributed by atoms with E-state index in [2.05, 4.69) is 348 Å². The van der Waals surface area contributed by atoms with Crippen LogP contribution in [0.5, 0.6) is 0 Å². The van der Waals surface area contributed by atoms with Gasteiger partial charge in [0.05, 0.1) is 5.52 Å². The van der Waals surface area contributed by atoms with Crippen molar-refractivity contribution in [1.29, 1.82) is 0 Å². The molecule has 4 nitrogen and oxygen atoms in total. The minimum Gasteiger partial charge on any atom is -0.344 e. The standard InChI is InChI=1S/4C21H21N/c1-21(2,3)16-10-7-11-17-20(16)19-15-9-6-5-8-14(15)12-13-18(19)22(17)4;1-21(2,3)17-11-7-10-16-19-15-9-6-5-8-14(15)12-13-18(19)22(4)20(16)17;1-21(2,3)15-10-11-17-19(13-15)22(4)18-12-9-14-7-5-6-8-16(14)20(17)18;1-21(2,3)15-10-12-18-17(13-15)20-16-8-6-5-7-14(16)9-11-19(20)22(18)4/h4*5-13H,1-4H3. The van der Waals surface area contributed by atoms with E-state index in [1.54, 1.807) is 0 Å². The summed E-state index contributed by atoms with van der Waals surface area (Å²) < 4.78 is 9.32. The van der Waals surface area contributed by atoms with Gasteiger partial charge in [-0.05, 0) is 136 Å². The van der Waals surface area contributed by atoms with Gasteiger partial charge in [-0.15, -0.1) is 0 Å². The molecule has 0 aliphatic heterocycles. The molecular formula is C84H84N4. The summed E-state index contributed by atoms with van der Waals surface area (Å²) in [6.45, 7) is 27.4. The second-order valence-electron chi connectivity index (χ2n) is 28.8. The van der Waals surface area contributed by atoms with E-state index in [0.717, 1.165) is 0 Å². The van der Waals surface area contributed by atoms with Crippen molar-refractivity contribution in [2.24, 2.45) is 28.2 Å². The van der Waals surface area contributed by atoms with Gasteiger partial charge in [-0.25, -0.2) is 0 Å². The Hall–Kier alpha value is -9.12. The van der Waals surface area contributed by atoms with Crippen molar-refractivity contribution in [1.82, 2.24) is 18.3 Å². The van der Waals surface area contributed by atoms with E-state index in [1.807, 2.05) is 0 Å². The van der Waals surface area contributed by atoms with Gasteiger partial charge in [0.15, 0.2) is 0 Å². The lowest BCUT2D eigenvalue weighted by Gasteiger charge is -2.21. The smallest absolute Gasteiger partial charge is 0.0526 e. The summed E-state index contributed by atoms with van der Waals surface area (Å²) in [5.74, 6) is 0. The van der Waals surface area contributed by atoms with E-state index in [1.165, 1.54) is 153 Å². The highest BCUT2D eigenvalue weighted by molar-refractivity contribution is 6.24. The summed E-state index contributed by atoms with van der Waals surface area (Å²) in [5.41, 5.74) is 16.7. The SMILES string of the molecule is Cn1c2cc(C(C)(C)C)ccc2c2c3ccccc3ccc21.Cn1c2ccc(C(C)(C)C)cc2c2c3ccccc3ccc21.Cn1c2ccc3ccccc3c2c2cccc(C(C)(C)C)c21.Cn1c2cccc(C(C)(C)C)c2c2c3ccccc3ccc21. The van der Waals surface area contributed by atoms with E-state index in [0.29, 0.717) is 0 Å². The first-order valence-electron chi connectivity index (χ1n) is 31.5. The van der Waals surface area contributed by atoms with Gasteiger partial charge >= 0.3 is 0 Å².